The predicted octanol–water partition coefficient (Wildman–Crippen LogP) is 3.04. The van der Waals surface area contributed by atoms with Gasteiger partial charge in [-0.25, -0.2) is 0 Å². The number of hydrogen-bond donors (Lipinski definition) is 1. The maximum Gasteiger partial charge on any atom is 0.313 e. The van der Waals surface area contributed by atoms with Crippen molar-refractivity contribution in [3.8, 4) is 5.75 Å². The molecule has 0 aliphatic heterocycles. The lowest BCUT2D eigenvalue weighted by atomic mass is 10.1. The third-order valence-corrected chi connectivity index (χ3v) is 3.35. The molecule has 0 radical (unpaired) electrons. The second-order valence-corrected chi connectivity index (χ2v) is 4.91. The van der Waals surface area contributed by atoms with Crippen LogP contribution in [0.15, 0.2) is 42.5 Å². The van der Waals surface area contributed by atoms with Crippen molar-refractivity contribution in [3.05, 3.63) is 42.5 Å². The van der Waals surface area contributed by atoms with Crippen LogP contribution in [0.25, 0.3) is 10.8 Å². The first kappa shape index (κ1) is 12.8. The van der Waals surface area contributed by atoms with Crippen molar-refractivity contribution in [2.24, 2.45) is 0 Å². The van der Waals surface area contributed by atoms with Gasteiger partial charge < -0.3 is 9.84 Å². The summed E-state index contributed by atoms with van der Waals surface area (Å²) >= 11 is 1.36. The highest BCUT2D eigenvalue weighted by Gasteiger charge is 1.99. The first-order valence-corrected chi connectivity index (χ1v) is 6.82. The zero-order valence-electron chi connectivity index (χ0n) is 9.83. The lowest BCUT2D eigenvalue weighted by molar-refractivity contribution is -0.133. The molecular weight excluding hydrogens is 248 g/mol. The van der Waals surface area contributed by atoms with Crippen LogP contribution >= 0.6 is 11.8 Å². The molecule has 2 rings (SSSR count). The van der Waals surface area contributed by atoms with Gasteiger partial charge in [0, 0.05) is 5.75 Å². The molecule has 0 spiro atoms. The van der Waals surface area contributed by atoms with E-state index in [2.05, 4.69) is 6.07 Å². The second-order valence-electron chi connectivity index (χ2n) is 3.80. The average Bonchev–Trinajstić information content (AvgIpc) is 2.38. The summed E-state index contributed by atoms with van der Waals surface area (Å²) in [6.07, 6.45) is 0. The molecule has 3 nitrogen and oxygen atoms in total. The number of carboxylic acids is 1. The van der Waals surface area contributed by atoms with E-state index in [4.69, 9.17) is 9.84 Å². The van der Waals surface area contributed by atoms with Crippen molar-refractivity contribution in [1.82, 2.24) is 0 Å². The van der Waals surface area contributed by atoms with Crippen LogP contribution in [0.3, 0.4) is 0 Å². The van der Waals surface area contributed by atoms with Gasteiger partial charge in [-0.2, -0.15) is 0 Å². The van der Waals surface area contributed by atoms with Gasteiger partial charge in [0.15, 0.2) is 0 Å². The third-order valence-electron chi connectivity index (χ3n) is 2.44. The average molecular weight is 262 g/mol. The highest BCUT2D eigenvalue weighted by molar-refractivity contribution is 7.99. The van der Waals surface area contributed by atoms with Crippen molar-refractivity contribution >= 4 is 28.5 Å². The Morgan fingerprint density at radius 3 is 2.72 bits per heavy atom. The van der Waals surface area contributed by atoms with Gasteiger partial charge in [0.25, 0.3) is 0 Å². The fourth-order valence-corrected chi connectivity index (χ4v) is 2.16. The number of fused-ring (bicyclic) bond motifs is 1. The van der Waals surface area contributed by atoms with E-state index in [9.17, 15) is 4.79 Å². The minimum Gasteiger partial charge on any atom is -0.493 e. The zero-order valence-corrected chi connectivity index (χ0v) is 10.7. The highest BCUT2D eigenvalue weighted by Crippen LogP contribution is 2.20. The van der Waals surface area contributed by atoms with E-state index in [0.29, 0.717) is 12.4 Å². The molecule has 1 N–H and O–H groups in total. The van der Waals surface area contributed by atoms with Gasteiger partial charge in [-0.15, -0.1) is 11.8 Å². The molecule has 0 heterocycles. The smallest absolute Gasteiger partial charge is 0.313 e. The van der Waals surface area contributed by atoms with Crippen LogP contribution in [0.4, 0.5) is 0 Å². The van der Waals surface area contributed by atoms with Crippen LogP contribution in [-0.2, 0) is 4.79 Å². The summed E-state index contributed by atoms with van der Waals surface area (Å²) in [6.45, 7) is 0.524. The minimum absolute atomic E-state index is 0.126. The van der Waals surface area contributed by atoms with Crippen LogP contribution in [-0.4, -0.2) is 29.2 Å². The van der Waals surface area contributed by atoms with Crippen LogP contribution in [0.5, 0.6) is 5.75 Å². The highest BCUT2D eigenvalue weighted by atomic mass is 32.2. The van der Waals surface area contributed by atoms with Gasteiger partial charge in [-0.3, -0.25) is 4.79 Å². The monoisotopic (exact) mass is 262 g/mol. The molecule has 0 aliphatic rings. The van der Waals surface area contributed by atoms with Crippen molar-refractivity contribution in [2.75, 3.05) is 18.1 Å². The van der Waals surface area contributed by atoms with Gasteiger partial charge in [-0.05, 0) is 22.9 Å². The topological polar surface area (TPSA) is 46.5 Å². The predicted molar refractivity (Wildman–Crippen MR) is 74.4 cm³/mol. The Balaban J connectivity index is 1.86. The van der Waals surface area contributed by atoms with Crippen LogP contribution in [0.1, 0.15) is 0 Å². The maximum absolute atomic E-state index is 10.3. The first-order valence-electron chi connectivity index (χ1n) is 5.67. The minimum atomic E-state index is -0.786. The molecule has 0 saturated heterocycles. The molecule has 94 valence electrons. The Kier molecular flexibility index (Phi) is 4.47. The van der Waals surface area contributed by atoms with Crippen LogP contribution < -0.4 is 4.74 Å². The molecule has 2 aromatic carbocycles. The zero-order chi connectivity index (χ0) is 12.8. The molecule has 0 aliphatic carbocycles. The Morgan fingerprint density at radius 2 is 1.94 bits per heavy atom. The second kappa shape index (κ2) is 6.31. The molecule has 0 unspecified atom stereocenters. The first-order chi connectivity index (χ1) is 8.75. The summed E-state index contributed by atoms with van der Waals surface area (Å²) < 4.78 is 5.58. The maximum atomic E-state index is 10.3. The molecule has 0 fully saturated rings. The Morgan fingerprint density at radius 1 is 1.17 bits per heavy atom. The number of thioether (sulfide) groups is 1. The molecule has 4 heteroatoms. The summed E-state index contributed by atoms with van der Waals surface area (Å²) in [5, 5.41) is 10.8. The van der Waals surface area contributed by atoms with Gasteiger partial charge >= 0.3 is 5.97 Å². The standard InChI is InChI=1S/C14H14O3S/c15-14(16)10-18-8-7-17-13-6-5-11-3-1-2-4-12(11)9-13/h1-6,9H,7-8,10H2,(H,15,16). The quantitative estimate of drug-likeness (QED) is 0.813. The molecule has 0 bridgehead atoms. The van der Waals surface area contributed by atoms with Gasteiger partial charge in [0.1, 0.15) is 5.75 Å². The van der Waals surface area contributed by atoms with E-state index in [0.717, 1.165) is 11.1 Å². The molecular formula is C14H14O3S. The molecule has 18 heavy (non-hydrogen) atoms. The number of benzene rings is 2. The van der Waals surface area contributed by atoms with E-state index in [1.807, 2.05) is 36.4 Å². The van der Waals surface area contributed by atoms with Gasteiger partial charge in [-0.1, -0.05) is 30.3 Å². The summed E-state index contributed by atoms with van der Waals surface area (Å²) in [7, 11) is 0. The van der Waals surface area contributed by atoms with Crippen molar-refractivity contribution in [2.45, 2.75) is 0 Å². The Bertz CT molecular complexity index is 539. The van der Waals surface area contributed by atoms with E-state index in [-0.39, 0.29) is 5.75 Å². The van der Waals surface area contributed by atoms with Crippen molar-refractivity contribution < 1.29 is 14.6 Å². The fourth-order valence-electron chi connectivity index (χ4n) is 1.64. The normalized spacial score (nSPS) is 10.4. The Hall–Kier alpha value is -1.68. The number of hydrogen-bond acceptors (Lipinski definition) is 3. The van der Waals surface area contributed by atoms with Crippen molar-refractivity contribution in [3.63, 3.8) is 0 Å². The molecule has 0 aromatic heterocycles. The number of carboxylic acid groups (broad SMARTS) is 1. The largest absolute Gasteiger partial charge is 0.493 e. The van der Waals surface area contributed by atoms with E-state index >= 15 is 0 Å². The van der Waals surface area contributed by atoms with E-state index < -0.39 is 5.97 Å². The molecule has 0 amide bonds. The third kappa shape index (κ3) is 3.67. The van der Waals surface area contributed by atoms with Crippen LogP contribution in [0, 0.1) is 0 Å². The molecule has 0 atom stereocenters. The van der Waals surface area contributed by atoms with Gasteiger partial charge in [0.05, 0.1) is 12.4 Å². The summed E-state index contributed by atoms with van der Waals surface area (Å²) in [6, 6.07) is 14.1. The van der Waals surface area contributed by atoms with Gasteiger partial charge in [0.2, 0.25) is 0 Å². The summed E-state index contributed by atoms with van der Waals surface area (Å²) in [4.78, 5) is 10.3. The summed E-state index contributed by atoms with van der Waals surface area (Å²) in [5.74, 6) is 0.843. The Labute approximate surface area is 110 Å². The van der Waals surface area contributed by atoms with E-state index in [1.165, 1.54) is 17.1 Å². The van der Waals surface area contributed by atoms with Crippen LogP contribution in [0.2, 0.25) is 0 Å². The number of ether oxygens (including phenoxy) is 1. The summed E-state index contributed by atoms with van der Waals surface area (Å²) in [5.41, 5.74) is 0. The van der Waals surface area contributed by atoms with Crippen molar-refractivity contribution in [1.29, 1.82) is 0 Å². The number of rotatable bonds is 6. The number of carbonyl (C=O) groups is 1. The van der Waals surface area contributed by atoms with E-state index in [1.54, 1.807) is 0 Å². The fraction of sp³-hybridized carbons (Fsp3) is 0.214. The SMILES string of the molecule is O=C(O)CSCCOc1ccc2ccccc2c1. The lowest BCUT2D eigenvalue weighted by Crippen LogP contribution is -2.04. The number of aliphatic carboxylic acids is 1. The molecule has 0 saturated carbocycles. The molecule has 2 aromatic rings. The lowest BCUT2D eigenvalue weighted by Gasteiger charge is -2.06.